The van der Waals surface area contributed by atoms with Gasteiger partial charge in [0.2, 0.25) is 0 Å². The predicted molar refractivity (Wildman–Crippen MR) is 98.1 cm³/mol. The van der Waals surface area contributed by atoms with Gasteiger partial charge in [-0.25, -0.2) is 17.6 Å². The van der Waals surface area contributed by atoms with Crippen LogP contribution in [-0.4, -0.2) is 39.7 Å². The van der Waals surface area contributed by atoms with Gasteiger partial charge in [-0.05, 0) is 43.2 Å². The number of aromatic hydroxyl groups is 1. The van der Waals surface area contributed by atoms with Crippen molar-refractivity contribution in [1.29, 1.82) is 0 Å². The van der Waals surface area contributed by atoms with Crippen LogP contribution >= 0.6 is 0 Å². The maximum atomic E-state index is 14.4. The monoisotopic (exact) mass is 394 g/mol. The van der Waals surface area contributed by atoms with Crippen molar-refractivity contribution >= 4 is 27.4 Å². The molecule has 2 N–H and O–H groups in total. The lowest BCUT2D eigenvalue weighted by Gasteiger charge is -2.19. The molecule has 0 spiro atoms. The van der Waals surface area contributed by atoms with Crippen LogP contribution < -0.4 is 9.62 Å². The highest BCUT2D eigenvalue weighted by Gasteiger charge is 2.21. The van der Waals surface area contributed by atoms with Gasteiger partial charge in [-0.1, -0.05) is 0 Å². The Balaban J connectivity index is 1.86. The van der Waals surface area contributed by atoms with E-state index in [4.69, 9.17) is 0 Å². The molecule has 0 saturated carbocycles. The smallest absolute Gasteiger partial charge is 0.341 e. The van der Waals surface area contributed by atoms with E-state index in [2.05, 4.69) is 9.46 Å². The van der Waals surface area contributed by atoms with Gasteiger partial charge < -0.3 is 14.7 Å². The Morgan fingerprint density at radius 1 is 1.19 bits per heavy atom. The van der Waals surface area contributed by atoms with Gasteiger partial charge in [-0.3, -0.25) is 4.72 Å². The van der Waals surface area contributed by atoms with Crippen molar-refractivity contribution in [3.63, 3.8) is 0 Å². The number of hydrogen-bond donors (Lipinski definition) is 2. The number of carbonyl (C=O) groups is 1. The van der Waals surface area contributed by atoms with Gasteiger partial charge in [-0.2, -0.15) is 0 Å². The number of hydrogen-bond acceptors (Lipinski definition) is 6. The summed E-state index contributed by atoms with van der Waals surface area (Å²) < 4.78 is 46.3. The number of sulfonamides is 1. The molecule has 27 heavy (non-hydrogen) atoms. The van der Waals surface area contributed by atoms with Gasteiger partial charge in [0.25, 0.3) is 10.0 Å². The lowest BCUT2D eigenvalue weighted by atomic mass is 10.2. The summed E-state index contributed by atoms with van der Waals surface area (Å²) in [5, 5.41) is 9.69. The molecule has 9 heteroatoms. The standard InChI is InChI=1S/C18H19FN2O5S/c1-26-18(23)14-11-13(5-7-17(14)22)27(24,25)20-12-4-6-16(15(19)10-12)21-8-2-3-9-21/h4-7,10-11,20,22H,2-3,8-9H2,1H3. The Labute approximate surface area is 156 Å². The van der Waals surface area contributed by atoms with Crippen molar-refractivity contribution in [2.75, 3.05) is 29.8 Å². The highest BCUT2D eigenvalue weighted by Crippen LogP contribution is 2.28. The lowest BCUT2D eigenvalue weighted by molar-refractivity contribution is 0.0597. The van der Waals surface area contributed by atoms with Crippen LogP contribution in [0.15, 0.2) is 41.3 Å². The molecule has 1 saturated heterocycles. The van der Waals surface area contributed by atoms with E-state index >= 15 is 0 Å². The lowest BCUT2D eigenvalue weighted by Crippen LogP contribution is -2.19. The Morgan fingerprint density at radius 3 is 2.52 bits per heavy atom. The molecule has 1 aliphatic heterocycles. The van der Waals surface area contributed by atoms with E-state index in [0.29, 0.717) is 5.69 Å². The van der Waals surface area contributed by atoms with E-state index in [9.17, 15) is 22.7 Å². The number of anilines is 2. The minimum Gasteiger partial charge on any atom is -0.507 e. The van der Waals surface area contributed by atoms with E-state index in [1.165, 1.54) is 12.1 Å². The zero-order chi connectivity index (χ0) is 19.6. The van der Waals surface area contributed by atoms with Crippen LogP contribution in [0.4, 0.5) is 15.8 Å². The number of rotatable bonds is 5. The molecule has 1 aliphatic rings. The molecule has 1 heterocycles. The SMILES string of the molecule is COC(=O)c1cc(S(=O)(=O)Nc2ccc(N3CCCC3)c(F)c2)ccc1O. The van der Waals surface area contributed by atoms with E-state index < -0.39 is 27.6 Å². The number of phenols is 1. The van der Waals surface area contributed by atoms with Gasteiger partial charge in [0.15, 0.2) is 0 Å². The van der Waals surface area contributed by atoms with Crippen LogP contribution in [0, 0.1) is 5.82 Å². The number of methoxy groups -OCH3 is 1. The first-order valence-electron chi connectivity index (χ1n) is 8.30. The molecule has 0 bridgehead atoms. The van der Waals surface area contributed by atoms with Crippen molar-refractivity contribution in [2.45, 2.75) is 17.7 Å². The number of nitrogens with zero attached hydrogens (tertiary/aromatic N) is 1. The van der Waals surface area contributed by atoms with E-state index in [1.54, 1.807) is 0 Å². The average Bonchev–Trinajstić information content (AvgIpc) is 3.15. The summed E-state index contributed by atoms with van der Waals surface area (Å²) in [6.45, 7) is 1.54. The van der Waals surface area contributed by atoms with Crippen LogP contribution in [0.25, 0.3) is 0 Å². The number of halogens is 1. The van der Waals surface area contributed by atoms with Crippen LogP contribution in [-0.2, 0) is 14.8 Å². The van der Waals surface area contributed by atoms with Crippen molar-refractivity contribution in [3.8, 4) is 5.75 Å². The number of carbonyl (C=O) groups excluding carboxylic acids is 1. The van der Waals surface area contributed by atoms with Crippen molar-refractivity contribution in [1.82, 2.24) is 0 Å². The second kappa shape index (κ2) is 7.43. The molecule has 0 aliphatic carbocycles. The highest BCUT2D eigenvalue weighted by atomic mass is 32.2. The number of ether oxygens (including phenoxy) is 1. The first kappa shape index (κ1) is 19.0. The first-order chi connectivity index (χ1) is 12.8. The highest BCUT2D eigenvalue weighted by molar-refractivity contribution is 7.92. The number of benzene rings is 2. The van der Waals surface area contributed by atoms with Gasteiger partial charge in [0.1, 0.15) is 17.1 Å². The Morgan fingerprint density at radius 2 is 1.89 bits per heavy atom. The fraction of sp³-hybridized carbons (Fsp3) is 0.278. The number of esters is 1. The normalized spacial score (nSPS) is 14.2. The minimum absolute atomic E-state index is 0.0585. The molecule has 7 nitrogen and oxygen atoms in total. The first-order valence-corrected chi connectivity index (χ1v) is 9.79. The third kappa shape index (κ3) is 3.97. The second-order valence-electron chi connectivity index (χ2n) is 6.14. The summed E-state index contributed by atoms with van der Waals surface area (Å²) in [6.07, 6.45) is 1.99. The third-order valence-electron chi connectivity index (χ3n) is 4.33. The fourth-order valence-electron chi connectivity index (χ4n) is 2.95. The molecule has 0 aromatic heterocycles. The quantitative estimate of drug-likeness (QED) is 0.757. The second-order valence-corrected chi connectivity index (χ2v) is 7.82. The maximum absolute atomic E-state index is 14.4. The van der Waals surface area contributed by atoms with Crippen LogP contribution in [0.1, 0.15) is 23.2 Å². The van der Waals surface area contributed by atoms with Crippen LogP contribution in [0.5, 0.6) is 5.75 Å². The molecule has 0 amide bonds. The molecule has 144 valence electrons. The summed E-state index contributed by atoms with van der Waals surface area (Å²) in [4.78, 5) is 13.3. The molecule has 0 atom stereocenters. The summed E-state index contributed by atoms with van der Waals surface area (Å²) in [5.74, 6) is -1.79. The number of phenolic OH excluding ortho intramolecular Hbond substituents is 1. The van der Waals surface area contributed by atoms with Gasteiger partial charge >= 0.3 is 5.97 Å². The van der Waals surface area contributed by atoms with E-state index in [-0.39, 0.29) is 16.1 Å². The average molecular weight is 394 g/mol. The molecule has 3 rings (SSSR count). The topological polar surface area (TPSA) is 95.9 Å². The summed E-state index contributed by atoms with van der Waals surface area (Å²) in [5.41, 5.74) is 0.215. The van der Waals surface area contributed by atoms with Crippen molar-refractivity contribution in [2.24, 2.45) is 0 Å². The maximum Gasteiger partial charge on any atom is 0.341 e. The predicted octanol–water partition coefficient (Wildman–Crippen LogP) is 2.72. The molecular weight excluding hydrogens is 375 g/mol. The Kier molecular flexibility index (Phi) is 5.22. The third-order valence-corrected chi connectivity index (χ3v) is 5.71. The van der Waals surface area contributed by atoms with E-state index in [1.807, 2.05) is 4.90 Å². The molecule has 1 fully saturated rings. The van der Waals surface area contributed by atoms with E-state index in [0.717, 1.165) is 57.3 Å². The Hall–Kier alpha value is -2.81. The summed E-state index contributed by atoms with van der Waals surface area (Å²) in [6, 6.07) is 7.35. The summed E-state index contributed by atoms with van der Waals surface area (Å²) >= 11 is 0. The van der Waals surface area contributed by atoms with Crippen molar-refractivity contribution in [3.05, 3.63) is 47.8 Å². The molecule has 2 aromatic rings. The van der Waals surface area contributed by atoms with Crippen LogP contribution in [0.3, 0.4) is 0 Å². The fourth-order valence-corrected chi connectivity index (χ4v) is 4.03. The summed E-state index contributed by atoms with van der Waals surface area (Å²) in [7, 11) is -2.98. The Bertz CT molecular complexity index is 972. The van der Waals surface area contributed by atoms with Crippen LogP contribution in [0.2, 0.25) is 0 Å². The molecule has 0 radical (unpaired) electrons. The van der Waals surface area contributed by atoms with Gasteiger partial charge in [0, 0.05) is 19.2 Å². The number of nitrogens with one attached hydrogen (secondary N) is 1. The largest absolute Gasteiger partial charge is 0.507 e. The zero-order valence-electron chi connectivity index (χ0n) is 14.6. The van der Waals surface area contributed by atoms with Crippen molar-refractivity contribution < 1.29 is 27.4 Å². The molecule has 0 unspecified atom stereocenters. The minimum atomic E-state index is -4.09. The molecule has 2 aromatic carbocycles. The molecular formula is C18H19FN2O5S. The van der Waals surface area contributed by atoms with Gasteiger partial charge in [-0.15, -0.1) is 0 Å². The van der Waals surface area contributed by atoms with Gasteiger partial charge in [0.05, 0.1) is 23.4 Å². The zero-order valence-corrected chi connectivity index (χ0v) is 15.4.